The van der Waals surface area contributed by atoms with Crippen molar-refractivity contribution in [3.8, 4) is 0 Å². The lowest BCUT2D eigenvalue weighted by Crippen LogP contribution is -2.28. The number of anilines is 1. The van der Waals surface area contributed by atoms with E-state index in [0.29, 0.717) is 15.4 Å². The molecule has 96 valence electrons. The molecule has 0 bridgehead atoms. The van der Waals surface area contributed by atoms with Crippen molar-refractivity contribution in [3.05, 3.63) is 16.0 Å². The first-order valence-electron chi connectivity index (χ1n) is 5.22. The van der Waals surface area contributed by atoms with E-state index in [-0.39, 0.29) is 0 Å². The SMILES string of the molecule is COCCN(C)CCNc1ncnc(Cl)c1Br. The number of nitrogens with zero attached hydrogens (tertiary/aromatic N) is 3. The highest BCUT2D eigenvalue weighted by Crippen LogP contribution is 2.25. The molecule has 0 aliphatic heterocycles. The van der Waals surface area contributed by atoms with Crippen LogP contribution in [0.1, 0.15) is 0 Å². The van der Waals surface area contributed by atoms with Crippen LogP contribution in [0.15, 0.2) is 10.8 Å². The van der Waals surface area contributed by atoms with Gasteiger partial charge in [-0.25, -0.2) is 9.97 Å². The van der Waals surface area contributed by atoms with Crippen LogP contribution >= 0.6 is 27.5 Å². The Labute approximate surface area is 115 Å². The predicted octanol–water partition coefficient (Wildman–Crippen LogP) is 1.88. The molecule has 0 spiro atoms. The van der Waals surface area contributed by atoms with E-state index in [1.165, 1.54) is 6.33 Å². The van der Waals surface area contributed by atoms with E-state index in [1.54, 1.807) is 7.11 Å². The summed E-state index contributed by atoms with van der Waals surface area (Å²) in [6, 6.07) is 0. The van der Waals surface area contributed by atoms with E-state index < -0.39 is 0 Å². The van der Waals surface area contributed by atoms with Crippen molar-refractivity contribution in [2.75, 3.05) is 45.7 Å². The molecule has 7 heteroatoms. The molecule has 0 aliphatic carbocycles. The lowest BCUT2D eigenvalue weighted by Gasteiger charge is -2.16. The molecule has 0 saturated carbocycles. The van der Waals surface area contributed by atoms with Gasteiger partial charge in [-0.1, -0.05) is 11.6 Å². The van der Waals surface area contributed by atoms with E-state index in [0.717, 1.165) is 26.2 Å². The summed E-state index contributed by atoms with van der Waals surface area (Å²) in [5.41, 5.74) is 0. The summed E-state index contributed by atoms with van der Waals surface area (Å²) < 4.78 is 5.70. The van der Waals surface area contributed by atoms with Gasteiger partial charge in [-0.2, -0.15) is 0 Å². The van der Waals surface area contributed by atoms with Crippen LogP contribution in [0.4, 0.5) is 5.82 Å². The smallest absolute Gasteiger partial charge is 0.148 e. The van der Waals surface area contributed by atoms with Crippen LogP contribution in [-0.2, 0) is 4.74 Å². The van der Waals surface area contributed by atoms with Gasteiger partial charge in [0.2, 0.25) is 0 Å². The van der Waals surface area contributed by atoms with E-state index in [4.69, 9.17) is 16.3 Å². The molecule has 0 atom stereocenters. The zero-order valence-electron chi connectivity index (χ0n) is 9.91. The summed E-state index contributed by atoms with van der Waals surface area (Å²) in [6.45, 7) is 3.33. The third kappa shape index (κ3) is 5.16. The maximum absolute atomic E-state index is 5.86. The zero-order valence-corrected chi connectivity index (χ0v) is 12.3. The quantitative estimate of drug-likeness (QED) is 0.777. The highest BCUT2D eigenvalue weighted by Gasteiger charge is 2.06. The number of aromatic nitrogens is 2. The summed E-state index contributed by atoms with van der Waals surface area (Å²) in [5, 5.41) is 3.61. The molecule has 1 N–H and O–H groups in total. The average Bonchev–Trinajstić information content (AvgIpc) is 2.32. The van der Waals surface area contributed by atoms with Gasteiger partial charge in [-0.3, -0.25) is 0 Å². The van der Waals surface area contributed by atoms with Gasteiger partial charge in [-0.05, 0) is 23.0 Å². The van der Waals surface area contributed by atoms with Crippen LogP contribution in [0.3, 0.4) is 0 Å². The van der Waals surface area contributed by atoms with E-state index in [1.807, 2.05) is 7.05 Å². The van der Waals surface area contributed by atoms with E-state index in [2.05, 4.69) is 36.1 Å². The fourth-order valence-electron chi connectivity index (χ4n) is 1.20. The summed E-state index contributed by atoms with van der Waals surface area (Å²) in [4.78, 5) is 10.1. The van der Waals surface area contributed by atoms with Crippen molar-refractivity contribution in [1.29, 1.82) is 0 Å². The third-order valence-corrected chi connectivity index (χ3v) is 3.48. The fraction of sp³-hybridized carbons (Fsp3) is 0.600. The molecule has 0 unspecified atom stereocenters. The number of hydrogen-bond donors (Lipinski definition) is 1. The van der Waals surface area contributed by atoms with Gasteiger partial charge in [-0.15, -0.1) is 0 Å². The number of likely N-dealkylation sites (N-methyl/N-ethyl adjacent to an activating group) is 1. The van der Waals surface area contributed by atoms with Crippen LogP contribution in [-0.4, -0.2) is 55.3 Å². The van der Waals surface area contributed by atoms with Crippen molar-refractivity contribution >= 4 is 33.3 Å². The van der Waals surface area contributed by atoms with Crippen molar-refractivity contribution in [3.63, 3.8) is 0 Å². The van der Waals surface area contributed by atoms with Crippen LogP contribution in [0.25, 0.3) is 0 Å². The second kappa shape index (κ2) is 7.81. The molecule has 17 heavy (non-hydrogen) atoms. The van der Waals surface area contributed by atoms with E-state index in [9.17, 15) is 0 Å². The first kappa shape index (κ1) is 14.6. The first-order valence-corrected chi connectivity index (χ1v) is 6.39. The summed E-state index contributed by atoms with van der Waals surface area (Å²) in [7, 11) is 3.74. The molecular formula is C10H16BrClN4O. The molecule has 1 aromatic heterocycles. The molecule has 1 aromatic rings. The van der Waals surface area contributed by atoms with Crippen molar-refractivity contribution in [2.24, 2.45) is 0 Å². The Morgan fingerprint density at radius 3 is 2.94 bits per heavy atom. The minimum Gasteiger partial charge on any atom is -0.383 e. The average molecular weight is 324 g/mol. The number of ether oxygens (including phenoxy) is 1. The minimum atomic E-state index is 0.412. The largest absolute Gasteiger partial charge is 0.383 e. The summed E-state index contributed by atoms with van der Waals surface area (Å²) in [5.74, 6) is 0.713. The van der Waals surface area contributed by atoms with Gasteiger partial charge in [0.05, 0.1) is 11.1 Å². The molecule has 0 saturated heterocycles. The normalized spacial score (nSPS) is 10.9. The lowest BCUT2D eigenvalue weighted by molar-refractivity contribution is 0.163. The molecule has 0 aromatic carbocycles. The topological polar surface area (TPSA) is 50.3 Å². The van der Waals surface area contributed by atoms with Gasteiger partial charge in [0.1, 0.15) is 17.3 Å². The molecule has 0 radical (unpaired) electrons. The molecule has 1 rings (SSSR count). The Balaban J connectivity index is 2.33. The fourth-order valence-corrected chi connectivity index (χ4v) is 1.67. The van der Waals surface area contributed by atoms with E-state index >= 15 is 0 Å². The van der Waals surface area contributed by atoms with Gasteiger partial charge < -0.3 is 15.0 Å². The van der Waals surface area contributed by atoms with Gasteiger partial charge in [0.15, 0.2) is 0 Å². The molecule has 5 nitrogen and oxygen atoms in total. The van der Waals surface area contributed by atoms with Crippen LogP contribution in [0.2, 0.25) is 5.15 Å². The number of hydrogen-bond acceptors (Lipinski definition) is 5. The van der Waals surface area contributed by atoms with Crippen molar-refractivity contribution < 1.29 is 4.74 Å². The van der Waals surface area contributed by atoms with Crippen molar-refractivity contribution in [2.45, 2.75) is 0 Å². The van der Waals surface area contributed by atoms with Crippen LogP contribution in [0.5, 0.6) is 0 Å². The number of halogens is 2. The summed E-state index contributed by atoms with van der Waals surface area (Å²) in [6.07, 6.45) is 1.43. The second-order valence-electron chi connectivity index (χ2n) is 3.55. The Bertz CT molecular complexity index is 353. The van der Waals surface area contributed by atoms with Gasteiger partial charge in [0.25, 0.3) is 0 Å². The standard InChI is InChI=1S/C10H16BrClN4O/c1-16(5-6-17-2)4-3-13-10-8(11)9(12)14-7-15-10/h7H,3-6H2,1-2H3,(H,13,14,15). The Morgan fingerprint density at radius 1 is 1.47 bits per heavy atom. The number of methoxy groups -OCH3 is 1. The maximum Gasteiger partial charge on any atom is 0.148 e. The number of nitrogens with one attached hydrogen (secondary N) is 1. The second-order valence-corrected chi connectivity index (χ2v) is 4.70. The Morgan fingerprint density at radius 2 is 2.24 bits per heavy atom. The highest BCUT2D eigenvalue weighted by molar-refractivity contribution is 9.10. The monoisotopic (exact) mass is 322 g/mol. The first-order chi connectivity index (χ1) is 8.15. The van der Waals surface area contributed by atoms with Crippen LogP contribution in [0, 0.1) is 0 Å². The molecular weight excluding hydrogens is 307 g/mol. The Hall–Kier alpha value is -0.430. The molecule has 0 fully saturated rings. The lowest BCUT2D eigenvalue weighted by atomic mass is 10.5. The predicted molar refractivity (Wildman–Crippen MR) is 72.6 cm³/mol. The zero-order chi connectivity index (χ0) is 12.7. The molecule has 1 heterocycles. The van der Waals surface area contributed by atoms with Gasteiger partial charge >= 0.3 is 0 Å². The highest BCUT2D eigenvalue weighted by atomic mass is 79.9. The number of rotatable bonds is 7. The third-order valence-electron chi connectivity index (χ3n) is 2.21. The molecule has 0 amide bonds. The van der Waals surface area contributed by atoms with Crippen LogP contribution < -0.4 is 5.32 Å². The summed E-state index contributed by atoms with van der Waals surface area (Å²) >= 11 is 9.20. The minimum absolute atomic E-state index is 0.412. The Kier molecular flexibility index (Phi) is 6.72. The molecule has 0 aliphatic rings. The maximum atomic E-state index is 5.86. The van der Waals surface area contributed by atoms with Crippen molar-refractivity contribution in [1.82, 2.24) is 14.9 Å². The van der Waals surface area contributed by atoms with Gasteiger partial charge in [0, 0.05) is 26.7 Å².